The highest BCUT2D eigenvalue weighted by Crippen LogP contribution is 2.14. The van der Waals surface area contributed by atoms with Crippen LogP contribution in [0.4, 0.5) is 0 Å². The molecule has 0 atom stereocenters. The Labute approximate surface area is 171 Å². The van der Waals surface area contributed by atoms with Crippen molar-refractivity contribution >= 4 is 41.3 Å². The summed E-state index contributed by atoms with van der Waals surface area (Å²) < 4.78 is 5.49. The number of guanidine groups is 1. The van der Waals surface area contributed by atoms with Crippen molar-refractivity contribution in [2.75, 3.05) is 20.2 Å². The summed E-state index contributed by atoms with van der Waals surface area (Å²) in [5.74, 6) is 1.79. The highest BCUT2D eigenvalue weighted by molar-refractivity contribution is 14.0. The molecule has 0 fully saturated rings. The highest BCUT2D eigenvalue weighted by Gasteiger charge is 2.07. The minimum atomic E-state index is 0. The van der Waals surface area contributed by atoms with E-state index in [1.54, 1.807) is 11.3 Å². The Morgan fingerprint density at radius 1 is 1.28 bits per heavy atom. The second-order valence-electron chi connectivity index (χ2n) is 5.47. The number of halogens is 1. The van der Waals surface area contributed by atoms with Crippen LogP contribution in [0.15, 0.2) is 35.5 Å². The fourth-order valence-electron chi connectivity index (χ4n) is 2.29. The molecule has 5 nitrogen and oxygen atoms in total. The van der Waals surface area contributed by atoms with Gasteiger partial charge in [-0.2, -0.15) is 0 Å². The third kappa shape index (κ3) is 7.19. The molecule has 1 N–H and O–H groups in total. The Morgan fingerprint density at radius 3 is 2.56 bits per heavy atom. The minimum Gasteiger partial charge on any atom is -0.494 e. The molecule has 138 valence electrons. The van der Waals surface area contributed by atoms with E-state index >= 15 is 0 Å². The summed E-state index contributed by atoms with van der Waals surface area (Å²) in [5, 5.41) is 4.38. The lowest BCUT2D eigenvalue weighted by Crippen LogP contribution is -2.38. The van der Waals surface area contributed by atoms with E-state index in [0.29, 0.717) is 13.2 Å². The molecule has 0 saturated carbocycles. The van der Waals surface area contributed by atoms with Crippen molar-refractivity contribution in [3.8, 4) is 5.75 Å². The van der Waals surface area contributed by atoms with Gasteiger partial charge in [-0.05, 0) is 38.5 Å². The molecule has 0 bridgehead atoms. The zero-order valence-electron chi connectivity index (χ0n) is 15.3. The first-order valence-corrected chi connectivity index (χ1v) is 9.06. The van der Waals surface area contributed by atoms with Crippen molar-refractivity contribution in [1.82, 2.24) is 15.2 Å². The van der Waals surface area contributed by atoms with Crippen LogP contribution < -0.4 is 10.1 Å². The molecule has 0 aliphatic rings. The van der Waals surface area contributed by atoms with Crippen LogP contribution >= 0.6 is 35.3 Å². The molecule has 7 heteroatoms. The second-order valence-corrected chi connectivity index (χ2v) is 6.79. The van der Waals surface area contributed by atoms with Gasteiger partial charge in [0.05, 0.1) is 13.2 Å². The Kier molecular flexibility index (Phi) is 9.81. The van der Waals surface area contributed by atoms with Gasteiger partial charge in [0.2, 0.25) is 0 Å². The Hall–Kier alpha value is -1.35. The van der Waals surface area contributed by atoms with Crippen molar-refractivity contribution < 1.29 is 4.74 Å². The predicted molar refractivity (Wildman–Crippen MR) is 116 cm³/mol. The molecule has 0 amide bonds. The normalized spacial score (nSPS) is 11.0. The average Bonchev–Trinajstić information content (AvgIpc) is 2.99. The summed E-state index contributed by atoms with van der Waals surface area (Å²) in [7, 11) is 2.05. The molecular weight excluding hydrogens is 447 g/mol. The first-order valence-electron chi connectivity index (χ1n) is 8.24. The van der Waals surface area contributed by atoms with Crippen LogP contribution in [-0.4, -0.2) is 36.0 Å². The van der Waals surface area contributed by atoms with Gasteiger partial charge < -0.3 is 15.0 Å². The largest absolute Gasteiger partial charge is 0.494 e. The van der Waals surface area contributed by atoms with Gasteiger partial charge in [0.1, 0.15) is 10.8 Å². The van der Waals surface area contributed by atoms with Gasteiger partial charge in [-0.15, -0.1) is 35.3 Å². The van der Waals surface area contributed by atoms with E-state index < -0.39 is 0 Å². The van der Waals surface area contributed by atoms with Crippen molar-refractivity contribution in [2.45, 2.75) is 33.9 Å². The van der Waals surface area contributed by atoms with E-state index in [2.05, 4.69) is 41.2 Å². The number of hydrogen-bond acceptors (Lipinski definition) is 4. The number of aliphatic imine (C=N–C) groups is 1. The highest BCUT2D eigenvalue weighted by atomic mass is 127. The van der Waals surface area contributed by atoms with Gasteiger partial charge >= 0.3 is 0 Å². The summed E-state index contributed by atoms with van der Waals surface area (Å²) in [5.41, 5.74) is 1.22. The summed E-state index contributed by atoms with van der Waals surface area (Å²) >= 11 is 1.69. The van der Waals surface area contributed by atoms with Gasteiger partial charge in [-0.1, -0.05) is 12.1 Å². The first kappa shape index (κ1) is 21.7. The Morgan fingerprint density at radius 2 is 2.00 bits per heavy atom. The lowest BCUT2D eigenvalue weighted by atomic mass is 10.2. The van der Waals surface area contributed by atoms with Crippen molar-refractivity contribution in [3.05, 3.63) is 45.9 Å². The summed E-state index contributed by atoms with van der Waals surface area (Å²) in [4.78, 5) is 12.4. The number of nitrogens with one attached hydrogen (secondary N) is 1. The van der Waals surface area contributed by atoms with E-state index in [1.165, 1.54) is 10.4 Å². The van der Waals surface area contributed by atoms with E-state index in [0.717, 1.165) is 29.8 Å². The molecule has 25 heavy (non-hydrogen) atoms. The second kappa shape index (κ2) is 11.3. The molecule has 0 aliphatic carbocycles. The number of aromatic nitrogens is 1. The monoisotopic (exact) mass is 474 g/mol. The smallest absolute Gasteiger partial charge is 0.194 e. The number of aryl methyl sites for hydroxylation is 1. The van der Waals surface area contributed by atoms with Crippen LogP contribution in [-0.2, 0) is 13.1 Å². The Bertz CT molecular complexity index is 657. The van der Waals surface area contributed by atoms with Gasteiger partial charge in [-0.3, -0.25) is 0 Å². The van der Waals surface area contributed by atoms with Gasteiger partial charge in [0.15, 0.2) is 5.96 Å². The number of benzene rings is 1. The third-order valence-electron chi connectivity index (χ3n) is 3.38. The Balaban J connectivity index is 0.00000312. The molecule has 2 aromatic rings. The van der Waals surface area contributed by atoms with E-state index in [9.17, 15) is 0 Å². The fourth-order valence-corrected chi connectivity index (χ4v) is 3.00. The SMILES string of the molecule is CCNC(=NCc1ncc(C)s1)N(C)Cc1ccc(OCC)cc1.I. The average molecular weight is 474 g/mol. The van der Waals surface area contributed by atoms with Crippen LogP contribution in [0.2, 0.25) is 0 Å². The maximum Gasteiger partial charge on any atom is 0.194 e. The number of ether oxygens (including phenoxy) is 1. The summed E-state index contributed by atoms with van der Waals surface area (Å²) in [6, 6.07) is 8.20. The zero-order valence-corrected chi connectivity index (χ0v) is 18.4. The minimum absolute atomic E-state index is 0. The molecule has 1 heterocycles. The van der Waals surface area contributed by atoms with Crippen molar-refractivity contribution in [1.29, 1.82) is 0 Å². The molecule has 2 rings (SSSR count). The van der Waals surface area contributed by atoms with Crippen molar-refractivity contribution in [3.63, 3.8) is 0 Å². The van der Waals surface area contributed by atoms with E-state index in [-0.39, 0.29) is 24.0 Å². The quantitative estimate of drug-likeness (QED) is 0.374. The van der Waals surface area contributed by atoms with Gasteiger partial charge in [0.25, 0.3) is 0 Å². The van der Waals surface area contributed by atoms with E-state index in [4.69, 9.17) is 9.73 Å². The first-order chi connectivity index (χ1) is 11.6. The van der Waals surface area contributed by atoms with Gasteiger partial charge in [0, 0.05) is 31.2 Å². The number of thiazole rings is 1. The number of rotatable bonds is 7. The lowest BCUT2D eigenvalue weighted by molar-refractivity contribution is 0.340. The molecule has 0 aliphatic heterocycles. The molecule has 1 aromatic carbocycles. The van der Waals surface area contributed by atoms with Crippen LogP contribution in [0.25, 0.3) is 0 Å². The molecule has 1 aromatic heterocycles. The van der Waals surface area contributed by atoms with Crippen LogP contribution in [0.1, 0.15) is 29.3 Å². The molecule has 0 saturated heterocycles. The van der Waals surface area contributed by atoms with Crippen LogP contribution in [0, 0.1) is 6.92 Å². The maximum absolute atomic E-state index is 5.49. The summed E-state index contributed by atoms with van der Waals surface area (Å²) in [6.07, 6.45) is 1.89. The number of nitrogens with zero attached hydrogens (tertiary/aromatic N) is 3. The maximum atomic E-state index is 5.49. The van der Waals surface area contributed by atoms with Crippen molar-refractivity contribution in [2.24, 2.45) is 4.99 Å². The van der Waals surface area contributed by atoms with Crippen LogP contribution in [0.3, 0.4) is 0 Å². The predicted octanol–water partition coefficient (Wildman–Crippen LogP) is 4.07. The molecule has 0 unspecified atom stereocenters. The molecule has 0 radical (unpaired) electrons. The third-order valence-corrected chi connectivity index (χ3v) is 4.28. The standard InChI is InChI=1S/C18H26N4OS.HI/c1-5-19-18(21-12-17-20-11-14(3)24-17)22(4)13-15-7-9-16(10-8-15)23-6-2;/h7-11H,5-6,12-13H2,1-4H3,(H,19,21);1H. The fraction of sp³-hybridized carbons (Fsp3) is 0.444. The zero-order chi connectivity index (χ0) is 17.4. The summed E-state index contributed by atoms with van der Waals surface area (Å²) in [6.45, 7) is 9.05. The topological polar surface area (TPSA) is 49.8 Å². The van der Waals surface area contributed by atoms with E-state index in [1.807, 2.05) is 32.3 Å². The molecule has 0 spiro atoms. The lowest BCUT2D eigenvalue weighted by Gasteiger charge is -2.22. The van der Waals surface area contributed by atoms with Gasteiger partial charge in [-0.25, -0.2) is 9.98 Å². The molecular formula is C18H27IN4OS. The number of hydrogen-bond donors (Lipinski definition) is 1. The van der Waals surface area contributed by atoms with Crippen LogP contribution in [0.5, 0.6) is 5.75 Å².